The van der Waals surface area contributed by atoms with E-state index in [9.17, 15) is 20.2 Å². The standard InChI is InChI=1S/C19H17N3O5/c20-11-14(19(23)21-12-17-5-2-8-26-17)10-16-6-7-18(27-16)13-3-1-4-15(9-13)22(24)25/h1,3-4,6-7,9-10,17H,2,5,8,12H2,(H,21,23)/b14-10+/t17-/m0/s1. The SMILES string of the molecule is N#C/C(=C\c1ccc(-c2cccc([N+](=O)[O-])c2)o1)C(=O)NC[C@@H]1CCCO1. The number of carbonyl (C=O) groups excluding carboxylic acids is 1. The lowest BCUT2D eigenvalue weighted by Gasteiger charge is -2.09. The third kappa shape index (κ3) is 4.59. The number of ether oxygens (including phenoxy) is 1. The number of nitro groups is 1. The molecule has 1 N–H and O–H groups in total. The van der Waals surface area contributed by atoms with Crippen LogP contribution in [0.15, 0.2) is 46.4 Å². The predicted octanol–water partition coefficient (Wildman–Crippen LogP) is 3.06. The van der Waals surface area contributed by atoms with Crippen LogP contribution in [0.5, 0.6) is 0 Å². The smallest absolute Gasteiger partial charge is 0.270 e. The molecule has 1 amide bonds. The highest BCUT2D eigenvalue weighted by molar-refractivity contribution is 6.01. The van der Waals surface area contributed by atoms with E-state index < -0.39 is 10.8 Å². The first kappa shape index (κ1) is 18.4. The van der Waals surface area contributed by atoms with Crippen LogP contribution in [0.3, 0.4) is 0 Å². The van der Waals surface area contributed by atoms with Crippen molar-refractivity contribution >= 4 is 17.7 Å². The fourth-order valence-electron chi connectivity index (χ4n) is 2.76. The van der Waals surface area contributed by atoms with Crippen molar-refractivity contribution in [3.63, 3.8) is 0 Å². The summed E-state index contributed by atoms with van der Waals surface area (Å²) in [5.41, 5.74) is 0.394. The Hall–Kier alpha value is -3.44. The molecule has 8 nitrogen and oxygen atoms in total. The predicted molar refractivity (Wildman–Crippen MR) is 96.4 cm³/mol. The number of non-ortho nitro benzene ring substituents is 1. The van der Waals surface area contributed by atoms with Gasteiger partial charge in [-0.3, -0.25) is 14.9 Å². The van der Waals surface area contributed by atoms with Crippen LogP contribution in [-0.2, 0) is 9.53 Å². The maximum atomic E-state index is 12.2. The number of benzene rings is 1. The third-order valence-corrected chi connectivity index (χ3v) is 4.13. The van der Waals surface area contributed by atoms with Crippen molar-refractivity contribution in [2.75, 3.05) is 13.2 Å². The molecular formula is C19H17N3O5. The van der Waals surface area contributed by atoms with Crippen LogP contribution in [0, 0.1) is 21.4 Å². The van der Waals surface area contributed by atoms with Gasteiger partial charge in [-0.2, -0.15) is 5.26 Å². The van der Waals surface area contributed by atoms with Gasteiger partial charge in [0.25, 0.3) is 11.6 Å². The van der Waals surface area contributed by atoms with Crippen LogP contribution in [0.1, 0.15) is 18.6 Å². The number of nitrogens with one attached hydrogen (secondary N) is 1. The molecule has 138 valence electrons. The first-order chi connectivity index (χ1) is 13.1. The summed E-state index contributed by atoms with van der Waals surface area (Å²) in [6.07, 6.45) is 3.18. The van der Waals surface area contributed by atoms with Crippen molar-refractivity contribution < 1.29 is 18.9 Å². The minimum Gasteiger partial charge on any atom is -0.457 e. The average Bonchev–Trinajstić information content (AvgIpc) is 3.36. The fourth-order valence-corrected chi connectivity index (χ4v) is 2.76. The zero-order valence-corrected chi connectivity index (χ0v) is 14.4. The molecule has 27 heavy (non-hydrogen) atoms. The molecule has 1 aromatic heterocycles. The van der Waals surface area contributed by atoms with E-state index in [-0.39, 0.29) is 17.4 Å². The van der Waals surface area contributed by atoms with Gasteiger partial charge in [0, 0.05) is 36.9 Å². The van der Waals surface area contributed by atoms with E-state index in [1.165, 1.54) is 18.2 Å². The van der Waals surface area contributed by atoms with Gasteiger partial charge in [-0.05, 0) is 25.0 Å². The summed E-state index contributed by atoms with van der Waals surface area (Å²) < 4.78 is 11.0. The molecule has 2 aromatic rings. The summed E-state index contributed by atoms with van der Waals surface area (Å²) in [6.45, 7) is 1.04. The van der Waals surface area contributed by atoms with Crippen LogP contribution >= 0.6 is 0 Å². The molecule has 3 rings (SSSR count). The minimum atomic E-state index is -0.499. The van der Waals surface area contributed by atoms with E-state index in [4.69, 9.17) is 9.15 Å². The van der Waals surface area contributed by atoms with Crippen molar-refractivity contribution in [1.29, 1.82) is 5.26 Å². The molecule has 1 aliphatic heterocycles. The van der Waals surface area contributed by atoms with E-state index in [1.54, 1.807) is 24.3 Å². The molecule has 1 aromatic carbocycles. The van der Waals surface area contributed by atoms with Gasteiger partial charge in [-0.1, -0.05) is 12.1 Å². The highest BCUT2D eigenvalue weighted by atomic mass is 16.6. The van der Waals surface area contributed by atoms with Gasteiger partial charge in [0.2, 0.25) is 0 Å². The maximum absolute atomic E-state index is 12.2. The summed E-state index contributed by atoms with van der Waals surface area (Å²) in [7, 11) is 0. The lowest BCUT2D eigenvalue weighted by atomic mass is 10.1. The zero-order valence-electron chi connectivity index (χ0n) is 14.4. The number of rotatable bonds is 6. The fraction of sp³-hybridized carbons (Fsp3) is 0.263. The number of amides is 1. The summed E-state index contributed by atoms with van der Waals surface area (Å²) >= 11 is 0. The monoisotopic (exact) mass is 367 g/mol. The number of nitrogens with zero attached hydrogens (tertiary/aromatic N) is 2. The van der Waals surface area contributed by atoms with Gasteiger partial charge in [0.15, 0.2) is 0 Å². The largest absolute Gasteiger partial charge is 0.457 e. The molecule has 1 aliphatic rings. The number of hydrogen-bond donors (Lipinski definition) is 1. The Bertz CT molecular complexity index is 919. The van der Waals surface area contributed by atoms with Gasteiger partial charge < -0.3 is 14.5 Å². The summed E-state index contributed by atoms with van der Waals surface area (Å²) in [5.74, 6) is 0.212. The Morgan fingerprint density at radius 2 is 2.26 bits per heavy atom. The Kier molecular flexibility index (Phi) is 5.64. The molecule has 0 aliphatic carbocycles. The molecule has 1 saturated heterocycles. The molecular weight excluding hydrogens is 350 g/mol. The number of furan rings is 1. The molecule has 0 radical (unpaired) electrons. The first-order valence-corrected chi connectivity index (χ1v) is 8.43. The summed E-state index contributed by atoms with van der Waals surface area (Å²) in [6, 6.07) is 11.1. The van der Waals surface area contributed by atoms with E-state index in [1.807, 2.05) is 6.07 Å². The highest BCUT2D eigenvalue weighted by Crippen LogP contribution is 2.26. The van der Waals surface area contributed by atoms with Crippen molar-refractivity contribution in [1.82, 2.24) is 5.32 Å². The first-order valence-electron chi connectivity index (χ1n) is 8.43. The van der Waals surface area contributed by atoms with Gasteiger partial charge in [0.05, 0.1) is 11.0 Å². The molecule has 1 fully saturated rings. The molecule has 0 bridgehead atoms. The van der Waals surface area contributed by atoms with Crippen LogP contribution in [0.2, 0.25) is 0 Å². The van der Waals surface area contributed by atoms with E-state index in [2.05, 4.69) is 5.32 Å². The van der Waals surface area contributed by atoms with Crippen molar-refractivity contribution in [3.8, 4) is 17.4 Å². The Labute approximate surface area is 155 Å². The molecule has 1 atom stereocenters. The van der Waals surface area contributed by atoms with Crippen LogP contribution in [0.25, 0.3) is 17.4 Å². The second kappa shape index (κ2) is 8.29. The van der Waals surface area contributed by atoms with E-state index >= 15 is 0 Å². The maximum Gasteiger partial charge on any atom is 0.270 e. The average molecular weight is 367 g/mol. The van der Waals surface area contributed by atoms with E-state index in [0.717, 1.165) is 12.8 Å². The lowest BCUT2D eigenvalue weighted by Crippen LogP contribution is -2.32. The normalized spacial score (nSPS) is 16.7. The second-order valence-electron chi connectivity index (χ2n) is 6.02. The van der Waals surface area contributed by atoms with Crippen LogP contribution in [0.4, 0.5) is 5.69 Å². The third-order valence-electron chi connectivity index (χ3n) is 4.13. The van der Waals surface area contributed by atoms with Gasteiger partial charge in [-0.25, -0.2) is 0 Å². The number of hydrogen-bond acceptors (Lipinski definition) is 6. The highest BCUT2D eigenvalue weighted by Gasteiger charge is 2.18. The molecule has 0 spiro atoms. The lowest BCUT2D eigenvalue weighted by molar-refractivity contribution is -0.384. The minimum absolute atomic E-state index is 0.0158. The van der Waals surface area contributed by atoms with Crippen molar-refractivity contribution in [2.45, 2.75) is 18.9 Å². The van der Waals surface area contributed by atoms with E-state index in [0.29, 0.717) is 30.2 Å². The Morgan fingerprint density at radius 1 is 1.41 bits per heavy atom. The Balaban J connectivity index is 1.72. The molecule has 2 heterocycles. The topological polar surface area (TPSA) is 118 Å². The van der Waals surface area contributed by atoms with Gasteiger partial charge in [0.1, 0.15) is 23.2 Å². The summed E-state index contributed by atoms with van der Waals surface area (Å²) in [5, 5.41) is 22.8. The number of nitro benzene ring substituents is 1. The van der Waals surface area contributed by atoms with Gasteiger partial charge in [-0.15, -0.1) is 0 Å². The van der Waals surface area contributed by atoms with Crippen molar-refractivity contribution in [3.05, 3.63) is 57.8 Å². The molecule has 0 unspecified atom stereocenters. The zero-order chi connectivity index (χ0) is 19.2. The Morgan fingerprint density at radius 3 is 2.96 bits per heavy atom. The van der Waals surface area contributed by atoms with Crippen molar-refractivity contribution in [2.24, 2.45) is 0 Å². The number of nitriles is 1. The summed E-state index contributed by atoms with van der Waals surface area (Å²) in [4.78, 5) is 22.6. The van der Waals surface area contributed by atoms with Crippen LogP contribution in [-0.4, -0.2) is 30.1 Å². The van der Waals surface area contributed by atoms with Crippen LogP contribution < -0.4 is 5.32 Å². The quantitative estimate of drug-likeness (QED) is 0.363. The van der Waals surface area contributed by atoms with Gasteiger partial charge >= 0.3 is 0 Å². The second-order valence-corrected chi connectivity index (χ2v) is 6.02. The molecule has 8 heteroatoms. The molecule has 0 saturated carbocycles. The number of carbonyl (C=O) groups is 1.